The first-order valence-corrected chi connectivity index (χ1v) is 7.96. The molecule has 0 aromatic heterocycles. The van der Waals surface area contributed by atoms with Crippen molar-refractivity contribution in [3.8, 4) is 0 Å². The minimum absolute atomic E-state index is 0.344. The van der Waals surface area contributed by atoms with E-state index in [1.807, 2.05) is 26.0 Å². The van der Waals surface area contributed by atoms with E-state index in [9.17, 15) is 4.79 Å². The molecule has 1 aliphatic heterocycles. The third-order valence-electron chi connectivity index (χ3n) is 3.75. The summed E-state index contributed by atoms with van der Waals surface area (Å²) in [5.74, 6) is 0.344. The van der Waals surface area contributed by atoms with Crippen molar-refractivity contribution in [2.45, 2.75) is 20.4 Å². The van der Waals surface area contributed by atoms with E-state index in [1.54, 1.807) is 0 Å². The summed E-state index contributed by atoms with van der Waals surface area (Å²) in [4.78, 5) is 16.4. The number of benzene rings is 1. The van der Waals surface area contributed by atoms with Crippen LogP contribution < -0.4 is 5.32 Å². The first-order valence-electron chi connectivity index (χ1n) is 7.96. The van der Waals surface area contributed by atoms with Crippen LogP contribution in [0.15, 0.2) is 24.3 Å². The Hall–Kier alpha value is -1.59. The topological polar surface area (TPSA) is 44.8 Å². The maximum absolute atomic E-state index is 11.6. The Labute approximate surface area is 133 Å². The molecule has 5 heteroatoms. The number of hydrogen-bond donors (Lipinski definition) is 1. The molecular formula is C17H27N3O2. The van der Waals surface area contributed by atoms with Crippen LogP contribution in [0.2, 0.25) is 0 Å². The molecule has 122 valence electrons. The van der Waals surface area contributed by atoms with Gasteiger partial charge in [-0.05, 0) is 30.7 Å². The third-order valence-corrected chi connectivity index (χ3v) is 3.75. The predicted molar refractivity (Wildman–Crippen MR) is 89.0 cm³/mol. The number of carbonyl (C=O) groups is 1. The molecule has 0 atom stereocenters. The fourth-order valence-electron chi connectivity index (χ4n) is 2.35. The predicted octanol–water partition coefficient (Wildman–Crippen LogP) is 2.64. The quantitative estimate of drug-likeness (QED) is 0.908. The number of nitrogens with one attached hydrogen (secondary N) is 1. The summed E-state index contributed by atoms with van der Waals surface area (Å²) in [5.41, 5.74) is 2.04. The van der Waals surface area contributed by atoms with E-state index in [0.717, 1.165) is 38.4 Å². The summed E-state index contributed by atoms with van der Waals surface area (Å²) in [7, 11) is 2.16. The zero-order chi connectivity index (χ0) is 15.9. The monoisotopic (exact) mass is 305 g/mol. The summed E-state index contributed by atoms with van der Waals surface area (Å²) >= 11 is 0. The number of piperazine rings is 1. The highest BCUT2D eigenvalue weighted by atomic mass is 16.5. The van der Waals surface area contributed by atoms with E-state index in [2.05, 4.69) is 34.3 Å². The zero-order valence-corrected chi connectivity index (χ0v) is 13.8. The van der Waals surface area contributed by atoms with Crippen LogP contribution in [0.1, 0.15) is 19.4 Å². The van der Waals surface area contributed by atoms with Crippen molar-refractivity contribution in [2.75, 3.05) is 45.2 Å². The van der Waals surface area contributed by atoms with Crippen LogP contribution in [0.25, 0.3) is 0 Å². The maximum atomic E-state index is 11.6. The summed E-state index contributed by atoms with van der Waals surface area (Å²) < 4.78 is 5.11. The van der Waals surface area contributed by atoms with E-state index in [1.165, 1.54) is 5.56 Å². The van der Waals surface area contributed by atoms with Crippen molar-refractivity contribution in [3.05, 3.63) is 29.8 Å². The molecule has 0 saturated carbocycles. The van der Waals surface area contributed by atoms with Gasteiger partial charge in [0.1, 0.15) is 0 Å². The highest BCUT2D eigenvalue weighted by Crippen LogP contribution is 2.13. The lowest BCUT2D eigenvalue weighted by atomic mass is 10.2. The number of rotatable bonds is 5. The largest absolute Gasteiger partial charge is 0.449 e. The fraction of sp³-hybridized carbons (Fsp3) is 0.588. The van der Waals surface area contributed by atoms with Crippen molar-refractivity contribution < 1.29 is 9.53 Å². The SMILES string of the molecule is CC(C)COC(=O)Nc1ccc(CN2CCN(C)CC2)cc1. The Morgan fingerprint density at radius 3 is 2.41 bits per heavy atom. The average molecular weight is 305 g/mol. The summed E-state index contributed by atoms with van der Waals surface area (Å²) in [6.45, 7) is 9.90. The van der Waals surface area contributed by atoms with Crippen LogP contribution in [0.4, 0.5) is 10.5 Å². The number of hydrogen-bond acceptors (Lipinski definition) is 4. The molecule has 0 unspecified atom stereocenters. The van der Waals surface area contributed by atoms with Crippen molar-refractivity contribution in [3.63, 3.8) is 0 Å². The van der Waals surface area contributed by atoms with Crippen molar-refractivity contribution in [1.29, 1.82) is 0 Å². The third kappa shape index (κ3) is 5.66. The first-order chi connectivity index (χ1) is 10.5. The van der Waals surface area contributed by atoms with Gasteiger partial charge in [-0.15, -0.1) is 0 Å². The van der Waals surface area contributed by atoms with Crippen LogP contribution >= 0.6 is 0 Å². The number of ether oxygens (including phenoxy) is 1. The van der Waals surface area contributed by atoms with Gasteiger partial charge in [-0.3, -0.25) is 10.2 Å². The lowest BCUT2D eigenvalue weighted by Gasteiger charge is -2.32. The van der Waals surface area contributed by atoms with Gasteiger partial charge < -0.3 is 9.64 Å². The second kappa shape index (κ2) is 8.15. The summed E-state index contributed by atoms with van der Waals surface area (Å²) in [5, 5.41) is 2.75. The summed E-state index contributed by atoms with van der Waals surface area (Å²) in [6.07, 6.45) is -0.388. The number of likely N-dealkylation sites (N-methyl/N-ethyl adjacent to an activating group) is 1. The lowest BCUT2D eigenvalue weighted by molar-refractivity contribution is 0.147. The number of amides is 1. The molecule has 1 heterocycles. The average Bonchev–Trinajstić information content (AvgIpc) is 2.49. The molecule has 1 saturated heterocycles. The Morgan fingerprint density at radius 1 is 1.18 bits per heavy atom. The number of carbonyl (C=O) groups excluding carboxylic acids is 1. The van der Waals surface area contributed by atoms with E-state index in [4.69, 9.17) is 4.74 Å². The van der Waals surface area contributed by atoms with Gasteiger partial charge >= 0.3 is 6.09 Å². The van der Waals surface area contributed by atoms with Crippen LogP contribution in [-0.4, -0.2) is 55.7 Å². The zero-order valence-electron chi connectivity index (χ0n) is 13.8. The second-order valence-electron chi connectivity index (χ2n) is 6.39. The smallest absolute Gasteiger partial charge is 0.411 e. The Bertz CT molecular complexity index is 465. The van der Waals surface area contributed by atoms with E-state index in [0.29, 0.717) is 12.5 Å². The van der Waals surface area contributed by atoms with Gasteiger partial charge in [0.2, 0.25) is 0 Å². The van der Waals surface area contributed by atoms with Gasteiger partial charge in [-0.1, -0.05) is 26.0 Å². The molecule has 0 radical (unpaired) electrons. The molecule has 1 amide bonds. The lowest BCUT2D eigenvalue weighted by Crippen LogP contribution is -2.43. The molecule has 0 aliphatic carbocycles. The Kier molecular flexibility index (Phi) is 6.21. The molecule has 0 spiro atoms. The molecule has 1 N–H and O–H groups in total. The van der Waals surface area contributed by atoms with Gasteiger partial charge in [-0.2, -0.15) is 0 Å². The van der Waals surface area contributed by atoms with Crippen LogP contribution in [0.5, 0.6) is 0 Å². The maximum Gasteiger partial charge on any atom is 0.411 e. The highest BCUT2D eigenvalue weighted by molar-refractivity contribution is 5.84. The summed E-state index contributed by atoms with van der Waals surface area (Å²) in [6, 6.07) is 8.00. The fourth-order valence-corrected chi connectivity index (χ4v) is 2.35. The van der Waals surface area contributed by atoms with Gasteiger partial charge in [0.25, 0.3) is 0 Å². The normalized spacial score (nSPS) is 16.7. The minimum Gasteiger partial charge on any atom is -0.449 e. The number of anilines is 1. The molecule has 5 nitrogen and oxygen atoms in total. The van der Waals surface area contributed by atoms with Crippen molar-refractivity contribution in [2.24, 2.45) is 5.92 Å². The highest BCUT2D eigenvalue weighted by Gasteiger charge is 2.13. The van der Waals surface area contributed by atoms with E-state index in [-0.39, 0.29) is 6.09 Å². The molecule has 0 bridgehead atoms. The second-order valence-corrected chi connectivity index (χ2v) is 6.39. The molecule has 1 aromatic carbocycles. The van der Waals surface area contributed by atoms with Gasteiger partial charge in [0, 0.05) is 38.4 Å². The van der Waals surface area contributed by atoms with E-state index < -0.39 is 0 Å². The van der Waals surface area contributed by atoms with Gasteiger partial charge in [0.05, 0.1) is 6.61 Å². The molecule has 1 aliphatic rings. The molecule has 22 heavy (non-hydrogen) atoms. The van der Waals surface area contributed by atoms with Gasteiger partial charge in [-0.25, -0.2) is 4.79 Å². The molecule has 1 aromatic rings. The molecule has 2 rings (SSSR count). The number of nitrogens with zero attached hydrogens (tertiary/aromatic N) is 2. The Morgan fingerprint density at radius 2 is 1.82 bits per heavy atom. The molecular weight excluding hydrogens is 278 g/mol. The first kappa shape index (κ1) is 16.8. The minimum atomic E-state index is -0.388. The standard InChI is InChI=1S/C17H27N3O2/c1-14(2)13-22-17(21)18-16-6-4-15(5-7-16)12-20-10-8-19(3)9-11-20/h4-7,14H,8-13H2,1-3H3,(H,18,21). The molecule has 1 fully saturated rings. The van der Waals surface area contributed by atoms with Crippen LogP contribution in [-0.2, 0) is 11.3 Å². The van der Waals surface area contributed by atoms with Crippen LogP contribution in [0.3, 0.4) is 0 Å². The Balaban J connectivity index is 1.78. The van der Waals surface area contributed by atoms with Crippen LogP contribution in [0, 0.1) is 5.92 Å². The van der Waals surface area contributed by atoms with Gasteiger partial charge in [0.15, 0.2) is 0 Å². The van der Waals surface area contributed by atoms with E-state index >= 15 is 0 Å². The van der Waals surface area contributed by atoms with Crippen molar-refractivity contribution in [1.82, 2.24) is 9.80 Å². The van der Waals surface area contributed by atoms with Crippen molar-refractivity contribution >= 4 is 11.8 Å².